The van der Waals surface area contributed by atoms with Crippen molar-refractivity contribution in [2.75, 3.05) is 20.3 Å². The molecule has 1 aliphatic rings. The first kappa shape index (κ1) is 23.8. The SMILES string of the molecule is CO[NH2+]OCCCCOC(=O)C1=Cc2cc(OC(F)(F)F)ccc2OC1C(F)(F)F. The van der Waals surface area contributed by atoms with Gasteiger partial charge < -0.3 is 14.2 Å². The third kappa shape index (κ3) is 7.07. The molecular formula is C17H18F6NO6+. The largest absolute Gasteiger partial charge is 0.573 e. The molecule has 0 radical (unpaired) electrons. The monoisotopic (exact) mass is 446 g/mol. The Labute approximate surface area is 166 Å². The normalized spacial score (nSPS) is 16.4. The minimum atomic E-state index is -4.99. The highest BCUT2D eigenvalue weighted by Gasteiger charge is 2.49. The molecule has 1 aromatic carbocycles. The lowest BCUT2D eigenvalue weighted by Gasteiger charge is -2.28. The Balaban J connectivity index is 2.12. The summed E-state index contributed by atoms with van der Waals surface area (Å²) in [5.74, 6) is -2.32. The number of esters is 1. The van der Waals surface area contributed by atoms with E-state index in [4.69, 9.17) is 14.3 Å². The summed E-state index contributed by atoms with van der Waals surface area (Å²) >= 11 is 0. The van der Waals surface area contributed by atoms with Gasteiger partial charge in [0.25, 0.3) is 0 Å². The van der Waals surface area contributed by atoms with Gasteiger partial charge in [-0.05, 0) is 37.1 Å². The van der Waals surface area contributed by atoms with Crippen molar-refractivity contribution in [3.63, 3.8) is 0 Å². The van der Waals surface area contributed by atoms with Gasteiger partial charge in [0.15, 0.2) is 0 Å². The number of halogens is 6. The molecule has 1 heterocycles. The maximum Gasteiger partial charge on any atom is 0.573 e. The zero-order valence-corrected chi connectivity index (χ0v) is 15.5. The van der Waals surface area contributed by atoms with Crippen molar-refractivity contribution in [1.29, 1.82) is 0 Å². The van der Waals surface area contributed by atoms with Gasteiger partial charge in [0.1, 0.15) is 18.1 Å². The summed E-state index contributed by atoms with van der Waals surface area (Å²) in [6.45, 7) is 0.0545. The highest BCUT2D eigenvalue weighted by Crippen LogP contribution is 2.39. The molecule has 0 saturated heterocycles. The number of fused-ring (bicyclic) bond motifs is 1. The molecule has 0 bridgehead atoms. The number of carbonyl (C=O) groups is 1. The molecule has 0 aromatic heterocycles. The molecule has 0 aliphatic carbocycles. The van der Waals surface area contributed by atoms with E-state index in [0.717, 1.165) is 29.9 Å². The average Bonchev–Trinajstić information content (AvgIpc) is 2.64. The van der Waals surface area contributed by atoms with Crippen LogP contribution in [0.3, 0.4) is 0 Å². The van der Waals surface area contributed by atoms with E-state index >= 15 is 0 Å². The molecule has 0 fully saturated rings. The molecule has 0 spiro atoms. The van der Waals surface area contributed by atoms with E-state index in [9.17, 15) is 31.1 Å². The van der Waals surface area contributed by atoms with E-state index in [2.05, 4.69) is 9.57 Å². The quantitative estimate of drug-likeness (QED) is 0.272. The number of rotatable bonds is 9. The van der Waals surface area contributed by atoms with Crippen molar-refractivity contribution in [2.24, 2.45) is 0 Å². The van der Waals surface area contributed by atoms with E-state index in [1.54, 1.807) is 0 Å². The molecular weight excluding hydrogens is 428 g/mol. The topological polar surface area (TPSA) is 79.8 Å². The molecule has 0 amide bonds. The summed E-state index contributed by atoms with van der Waals surface area (Å²) in [4.78, 5) is 21.6. The van der Waals surface area contributed by atoms with E-state index in [1.807, 2.05) is 0 Å². The van der Waals surface area contributed by atoms with Gasteiger partial charge >= 0.3 is 18.5 Å². The standard InChI is InChI=1S/C17H18F6NO6/c1-26-24-28-7-3-2-6-27-15(25)12-9-10-8-11(30-17(21,22)23)4-5-13(10)29-14(12)16(18,19)20/h4-5,8-9,14H,2-3,6-7,24H2,1H3/q+1. The second-order valence-corrected chi connectivity index (χ2v) is 5.93. The van der Waals surface area contributed by atoms with Crippen LogP contribution in [0.1, 0.15) is 18.4 Å². The molecule has 1 unspecified atom stereocenters. The van der Waals surface area contributed by atoms with Gasteiger partial charge in [-0.3, -0.25) is 0 Å². The molecule has 1 aromatic rings. The van der Waals surface area contributed by atoms with Gasteiger partial charge in [0, 0.05) is 5.56 Å². The molecule has 1 atom stereocenters. The summed E-state index contributed by atoms with van der Waals surface area (Å²) < 4.78 is 90.5. The molecule has 2 rings (SSSR count). The van der Waals surface area contributed by atoms with Crippen molar-refractivity contribution in [3.8, 4) is 11.5 Å². The van der Waals surface area contributed by atoms with Gasteiger partial charge in [-0.2, -0.15) is 22.8 Å². The minimum absolute atomic E-state index is 0.187. The number of alkyl halides is 6. The zero-order valence-electron chi connectivity index (χ0n) is 15.5. The number of hydrogen-bond acceptors (Lipinski definition) is 6. The number of benzene rings is 1. The molecule has 13 heteroatoms. The molecule has 0 saturated carbocycles. The predicted molar refractivity (Wildman–Crippen MR) is 86.7 cm³/mol. The van der Waals surface area contributed by atoms with Crippen LogP contribution in [0.25, 0.3) is 6.08 Å². The second kappa shape index (κ2) is 10.00. The lowest BCUT2D eigenvalue weighted by Crippen LogP contribution is -2.81. The Bertz CT molecular complexity index is 764. The van der Waals surface area contributed by atoms with Crippen LogP contribution in [0.15, 0.2) is 23.8 Å². The Morgan fingerprint density at radius 2 is 1.83 bits per heavy atom. The minimum Gasteiger partial charge on any atom is -0.475 e. The van der Waals surface area contributed by atoms with Crippen molar-refractivity contribution < 1.29 is 60.7 Å². The number of hydrogen-bond donors (Lipinski definition) is 1. The maximum atomic E-state index is 13.3. The Hall–Kier alpha value is -2.51. The summed E-state index contributed by atoms with van der Waals surface area (Å²) in [5.41, 5.74) is 0.0222. The summed E-state index contributed by atoms with van der Waals surface area (Å²) in [6, 6.07) is 2.51. The lowest BCUT2D eigenvalue weighted by atomic mass is 10.0. The van der Waals surface area contributed by atoms with Crippen molar-refractivity contribution in [2.45, 2.75) is 31.5 Å². The number of unbranched alkanes of at least 4 members (excludes halogenated alkanes) is 1. The fourth-order valence-electron chi connectivity index (χ4n) is 2.44. The van der Waals surface area contributed by atoms with E-state index < -0.39 is 35.9 Å². The number of carbonyl (C=O) groups excluding carboxylic acids is 1. The Morgan fingerprint density at radius 1 is 1.13 bits per heavy atom. The summed E-state index contributed by atoms with van der Waals surface area (Å²) in [5, 5.41) is 0. The molecule has 7 nitrogen and oxygen atoms in total. The highest BCUT2D eigenvalue weighted by molar-refractivity contribution is 5.96. The van der Waals surface area contributed by atoms with Gasteiger partial charge in [0.2, 0.25) is 6.10 Å². The predicted octanol–water partition coefficient (Wildman–Crippen LogP) is 2.67. The third-order valence-electron chi connectivity index (χ3n) is 3.64. The first-order chi connectivity index (χ1) is 14.0. The van der Waals surface area contributed by atoms with Crippen LogP contribution in [0, 0.1) is 0 Å². The van der Waals surface area contributed by atoms with Gasteiger partial charge in [0.05, 0.1) is 19.3 Å². The Kier molecular flexibility index (Phi) is 7.92. The van der Waals surface area contributed by atoms with Crippen LogP contribution in [0.2, 0.25) is 0 Å². The van der Waals surface area contributed by atoms with Crippen molar-refractivity contribution >= 4 is 12.0 Å². The van der Waals surface area contributed by atoms with Crippen LogP contribution in [-0.4, -0.2) is 44.9 Å². The van der Waals surface area contributed by atoms with E-state index in [1.165, 1.54) is 7.11 Å². The molecule has 1 aliphatic heterocycles. The second-order valence-electron chi connectivity index (χ2n) is 5.93. The van der Waals surface area contributed by atoms with Gasteiger partial charge in [-0.15, -0.1) is 13.2 Å². The number of ether oxygens (including phenoxy) is 3. The smallest absolute Gasteiger partial charge is 0.475 e. The fraction of sp³-hybridized carbons (Fsp3) is 0.471. The summed E-state index contributed by atoms with van der Waals surface area (Å²) in [6.07, 6.45) is -11.0. The Morgan fingerprint density at radius 3 is 2.47 bits per heavy atom. The van der Waals surface area contributed by atoms with Crippen LogP contribution < -0.4 is 15.1 Å². The first-order valence-electron chi connectivity index (χ1n) is 8.49. The van der Waals surface area contributed by atoms with Gasteiger partial charge in [-0.25, -0.2) is 4.79 Å². The van der Waals surface area contributed by atoms with Crippen LogP contribution >= 0.6 is 0 Å². The molecule has 168 valence electrons. The average molecular weight is 446 g/mol. The summed E-state index contributed by atoms with van der Waals surface area (Å²) in [7, 11) is 1.38. The lowest BCUT2D eigenvalue weighted by molar-refractivity contribution is -1.06. The maximum absolute atomic E-state index is 13.3. The van der Waals surface area contributed by atoms with Crippen LogP contribution in [0.5, 0.6) is 11.5 Å². The molecule has 30 heavy (non-hydrogen) atoms. The zero-order chi connectivity index (χ0) is 22.4. The van der Waals surface area contributed by atoms with E-state index in [-0.39, 0.29) is 24.5 Å². The fourth-order valence-corrected chi connectivity index (χ4v) is 2.44. The number of nitrogens with two attached hydrogens (primary N) is 1. The van der Waals surface area contributed by atoms with Crippen molar-refractivity contribution in [3.05, 3.63) is 29.3 Å². The number of quaternary nitrogens is 1. The van der Waals surface area contributed by atoms with Gasteiger partial charge in [-0.1, -0.05) is 5.64 Å². The van der Waals surface area contributed by atoms with Crippen molar-refractivity contribution in [1.82, 2.24) is 0 Å². The van der Waals surface area contributed by atoms with Crippen LogP contribution in [0.4, 0.5) is 26.3 Å². The molecule has 2 N–H and O–H groups in total. The highest BCUT2D eigenvalue weighted by atomic mass is 19.4. The van der Waals surface area contributed by atoms with Crippen LogP contribution in [-0.2, 0) is 19.2 Å². The third-order valence-corrected chi connectivity index (χ3v) is 3.64. The van der Waals surface area contributed by atoms with E-state index in [0.29, 0.717) is 12.8 Å². The first-order valence-corrected chi connectivity index (χ1v) is 8.49.